The summed E-state index contributed by atoms with van der Waals surface area (Å²) in [6.07, 6.45) is 0. The van der Waals surface area contributed by atoms with Gasteiger partial charge in [-0.3, -0.25) is 9.80 Å². The molecular weight excluding hydrogens is 144 g/mol. The van der Waals surface area contributed by atoms with Crippen molar-refractivity contribution in [2.75, 3.05) is 21.1 Å². The summed E-state index contributed by atoms with van der Waals surface area (Å²) in [7, 11) is 5.21. The first-order valence-electron chi connectivity index (χ1n) is 3.30. The van der Waals surface area contributed by atoms with E-state index in [9.17, 15) is 4.79 Å². The monoisotopic (exact) mass is 158 g/mol. The van der Waals surface area contributed by atoms with E-state index in [-0.39, 0.29) is 5.91 Å². The molecule has 0 aliphatic rings. The second-order valence-electron chi connectivity index (χ2n) is 1.99. The van der Waals surface area contributed by atoms with Gasteiger partial charge in [0.2, 0.25) is 11.9 Å². The van der Waals surface area contributed by atoms with Crippen LogP contribution in [0.15, 0.2) is 4.99 Å². The minimum absolute atomic E-state index is 0.226. The first kappa shape index (κ1) is 9.90. The molecule has 5 nitrogen and oxygen atoms in total. The van der Waals surface area contributed by atoms with Crippen LogP contribution >= 0.6 is 0 Å². The topological polar surface area (TPSA) is 56.7 Å². The van der Waals surface area contributed by atoms with Crippen LogP contribution in [0.5, 0.6) is 0 Å². The molecule has 2 N–H and O–H groups in total. The van der Waals surface area contributed by atoms with E-state index in [0.29, 0.717) is 5.96 Å². The molecule has 64 valence electrons. The van der Waals surface area contributed by atoms with Crippen LogP contribution in [0.3, 0.4) is 0 Å². The third-order valence-corrected chi connectivity index (χ3v) is 1.14. The van der Waals surface area contributed by atoms with Crippen LogP contribution in [0.4, 0.5) is 0 Å². The third-order valence-electron chi connectivity index (χ3n) is 1.14. The van der Waals surface area contributed by atoms with Crippen LogP contribution in [0.1, 0.15) is 6.92 Å². The number of guanidine groups is 1. The number of aliphatic imine (C=N–C) groups is 1. The number of hydrazine groups is 1. The summed E-state index contributed by atoms with van der Waals surface area (Å²) in [6, 6.07) is 0. The number of hydrogen-bond donors (Lipinski definition) is 2. The predicted molar refractivity (Wildman–Crippen MR) is 44.0 cm³/mol. The summed E-state index contributed by atoms with van der Waals surface area (Å²) in [5.74, 6) is 0.274. The van der Waals surface area contributed by atoms with Crippen molar-refractivity contribution in [2.45, 2.75) is 6.92 Å². The highest BCUT2D eigenvalue weighted by Crippen LogP contribution is 1.79. The number of hydrogen-bond acceptors (Lipinski definition) is 2. The van der Waals surface area contributed by atoms with Crippen LogP contribution in [-0.2, 0) is 4.79 Å². The van der Waals surface area contributed by atoms with Gasteiger partial charge in [-0.2, -0.15) is 4.99 Å². The molecule has 0 saturated heterocycles. The Morgan fingerprint density at radius 2 is 2.00 bits per heavy atom. The van der Waals surface area contributed by atoms with Crippen molar-refractivity contribution in [2.24, 2.45) is 4.99 Å². The number of amides is 1. The Morgan fingerprint density at radius 3 is 2.27 bits per heavy atom. The van der Waals surface area contributed by atoms with Gasteiger partial charge in [0.05, 0.1) is 0 Å². The van der Waals surface area contributed by atoms with E-state index < -0.39 is 0 Å². The molecule has 1 amide bonds. The van der Waals surface area contributed by atoms with Crippen molar-refractivity contribution in [1.82, 2.24) is 15.8 Å². The van der Waals surface area contributed by atoms with Gasteiger partial charge >= 0.3 is 0 Å². The molecule has 11 heavy (non-hydrogen) atoms. The number of nitrogens with zero attached hydrogens (tertiary/aromatic N) is 2. The molecule has 0 aromatic carbocycles. The molecule has 0 rings (SSSR count). The number of rotatable bonds is 1. The summed E-state index contributed by atoms with van der Waals surface area (Å²) in [5, 5.41) is 4.39. The van der Waals surface area contributed by atoms with Gasteiger partial charge in [0.1, 0.15) is 0 Å². The molecule has 0 atom stereocenters. The molecule has 0 unspecified atom stereocenters. The molecule has 0 heterocycles. The predicted octanol–water partition coefficient (Wildman–Crippen LogP) is -0.825. The lowest BCUT2D eigenvalue weighted by molar-refractivity contribution is -0.115. The maximum absolute atomic E-state index is 10.6. The van der Waals surface area contributed by atoms with Crippen LogP contribution in [0.2, 0.25) is 0 Å². The van der Waals surface area contributed by atoms with Crippen molar-refractivity contribution in [3.05, 3.63) is 0 Å². The Bertz CT molecular complexity index is 166. The molecule has 0 radical (unpaired) electrons. The van der Waals surface area contributed by atoms with Crippen molar-refractivity contribution < 1.29 is 4.79 Å². The summed E-state index contributed by atoms with van der Waals surface area (Å²) >= 11 is 0. The van der Waals surface area contributed by atoms with Crippen LogP contribution in [-0.4, -0.2) is 38.0 Å². The van der Waals surface area contributed by atoms with Crippen molar-refractivity contribution >= 4 is 11.9 Å². The Labute approximate surface area is 66.5 Å². The van der Waals surface area contributed by atoms with Gasteiger partial charge in [-0.05, 0) is 0 Å². The Hall–Kier alpha value is -1.10. The zero-order valence-corrected chi connectivity index (χ0v) is 7.30. The van der Waals surface area contributed by atoms with Gasteiger partial charge in [0, 0.05) is 28.1 Å². The van der Waals surface area contributed by atoms with Crippen molar-refractivity contribution in [3.63, 3.8) is 0 Å². The molecular formula is C6H14N4O. The van der Waals surface area contributed by atoms with Crippen LogP contribution in [0, 0.1) is 0 Å². The molecule has 0 aromatic heterocycles. The summed E-state index contributed by atoms with van der Waals surface area (Å²) in [6.45, 7) is 1.40. The molecule has 0 fully saturated rings. The Kier molecular flexibility index (Phi) is 4.21. The smallest absolute Gasteiger partial charge is 0.245 e. The van der Waals surface area contributed by atoms with Crippen molar-refractivity contribution in [1.29, 1.82) is 0 Å². The van der Waals surface area contributed by atoms with Crippen molar-refractivity contribution in [3.8, 4) is 0 Å². The molecule has 5 heteroatoms. The fourth-order valence-corrected chi connectivity index (χ4v) is 0.554. The highest BCUT2D eigenvalue weighted by atomic mass is 16.1. The second-order valence-corrected chi connectivity index (χ2v) is 1.99. The number of carbonyl (C=O) groups excluding carboxylic acids is 1. The lowest BCUT2D eigenvalue weighted by atomic mass is 10.7. The fraction of sp³-hybridized carbons (Fsp3) is 0.667. The quantitative estimate of drug-likeness (QED) is 0.297. The van der Waals surface area contributed by atoms with Gasteiger partial charge in [-0.1, -0.05) is 0 Å². The number of nitrogens with one attached hydrogen (secondary N) is 2. The van der Waals surface area contributed by atoms with Gasteiger partial charge in [0.15, 0.2) is 0 Å². The van der Waals surface area contributed by atoms with Gasteiger partial charge < -0.3 is 5.32 Å². The SMILES string of the molecule is CN/C(=N/C(C)=O)N(C)NC. The second kappa shape index (κ2) is 4.68. The van der Waals surface area contributed by atoms with E-state index in [0.717, 1.165) is 0 Å². The number of carbonyl (C=O) groups is 1. The van der Waals surface area contributed by atoms with E-state index in [4.69, 9.17) is 0 Å². The average molecular weight is 158 g/mol. The summed E-state index contributed by atoms with van der Waals surface area (Å²) < 4.78 is 0. The zero-order chi connectivity index (χ0) is 8.85. The Morgan fingerprint density at radius 1 is 1.45 bits per heavy atom. The first-order chi connectivity index (χ1) is 5.11. The van der Waals surface area contributed by atoms with Crippen LogP contribution in [0.25, 0.3) is 0 Å². The minimum Gasteiger partial charge on any atom is -0.358 e. The van der Waals surface area contributed by atoms with E-state index in [1.807, 2.05) is 0 Å². The minimum atomic E-state index is -0.226. The van der Waals surface area contributed by atoms with E-state index >= 15 is 0 Å². The molecule has 0 aliphatic heterocycles. The molecule has 0 saturated carbocycles. The highest BCUT2D eigenvalue weighted by molar-refractivity contribution is 5.91. The molecule has 0 bridgehead atoms. The standard InChI is InChI=1S/C6H14N4O/c1-5(11)9-6(7-2)10(4)8-3/h8H,1-4H3,(H,7,9,11). The highest BCUT2D eigenvalue weighted by Gasteiger charge is 2.01. The van der Waals surface area contributed by atoms with E-state index in [1.54, 1.807) is 26.2 Å². The van der Waals surface area contributed by atoms with Crippen LogP contribution < -0.4 is 10.7 Å². The van der Waals surface area contributed by atoms with Gasteiger partial charge in [-0.15, -0.1) is 0 Å². The lowest BCUT2D eigenvalue weighted by Gasteiger charge is -2.18. The normalized spacial score (nSPS) is 11.1. The largest absolute Gasteiger partial charge is 0.358 e. The summed E-state index contributed by atoms with van der Waals surface area (Å²) in [5.41, 5.74) is 2.81. The lowest BCUT2D eigenvalue weighted by Crippen LogP contribution is -2.44. The third kappa shape index (κ3) is 3.57. The zero-order valence-electron chi connectivity index (χ0n) is 7.30. The maximum Gasteiger partial charge on any atom is 0.245 e. The van der Waals surface area contributed by atoms with Gasteiger partial charge in [-0.25, -0.2) is 5.43 Å². The van der Waals surface area contributed by atoms with Gasteiger partial charge in [0.25, 0.3) is 0 Å². The van der Waals surface area contributed by atoms with E-state index in [2.05, 4.69) is 15.7 Å². The molecule has 0 aliphatic carbocycles. The Balaban J connectivity index is 4.26. The molecule has 0 aromatic rings. The molecule has 0 spiro atoms. The fourth-order valence-electron chi connectivity index (χ4n) is 0.554. The summed E-state index contributed by atoms with van der Waals surface area (Å²) in [4.78, 5) is 14.2. The average Bonchev–Trinajstić information content (AvgIpc) is 1.98. The van der Waals surface area contributed by atoms with E-state index in [1.165, 1.54) is 6.92 Å². The maximum atomic E-state index is 10.6. The first-order valence-corrected chi connectivity index (χ1v) is 3.30.